The van der Waals surface area contributed by atoms with Gasteiger partial charge in [0.1, 0.15) is 36.6 Å². The van der Waals surface area contributed by atoms with Gasteiger partial charge >= 0.3 is 71.6 Å². The second kappa shape index (κ2) is 83.6. The van der Waals surface area contributed by atoms with Crippen molar-refractivity contribution in [2.45, 2.75) is 483 Å². The predicted octanol–water partition coefficient (Wildman–Crippen LogP) is 20.7. The molecule has 6 saturated carbocycles. The minimum absolute atomic E-state index is 0.0469. The van der Waals surface area contributed by atoms with E-state index in [-0.39, 0.29) is 185 Å². The molecule has 770 valence electrons. The van der Waals surface area contributed by atoms with Crippen molar-refractivity contribution in [1.29, 1.82) is 0 Å². The molecule has 0 amide bonds. The van der Waals surface area contributed by atoms with Gasteiger partial charge in [-0.15, -0.1) is 0 Å². The third-order valence-corrected chi connectivity index (χ3v) is 25.5. The molecule has 0 bridgehead atoms. The highest BCUT2D eigenvalue weighted by molar-refractivity contribution is 5.74. The number of unbranched alkanes of at least 4 members (excludes halogenated alkanes) is 18. The molecule has 28 nitrogen and oxygen atoms in total. The Labute approximate surface area is 802 Å². The minimum Gasteiger partial charge on any atom is -0.466 e. The van der Waals surface area contributed by atoms with E-state index in [0.29, 0.717) is 118 Å². The van der Waals surface area contributed by atoms with Gasteiger partial charge in [-0.2, -0.15) is 0 Å². The SMILES string of the molecule is CCCCCCCOC(=O)CCN(CCC(=O)OCCCCCCC)CCC(=O)OCCCCCCC.CCCCCOC(=O)CCN(CCC(=O)OCCCCC)CCC(=O)OCCCCC.O=C(CCN(CCC(=O)OC1CCCC1)CCC(=O)OC1CCCC1)OC1CCCC1.O=C(CCN(CCC(=O)OC1CCCCC1)CCC(=O)OC1CCCCC1)OC1CCCCC1. The van der Waals surface area contributed by atoms with Gasteiger partial charge in [0.15, 0.2) is 0 Å². The number of hydrogen-bond acceptors (Lipinski definition) is 28. The summed E-state index contributed by atoms with van der Waals surface area (Å²) in [5.74, 6) is -2.58. The lowest BCUT2D eigenvalue weighted by Gasteiger charge is -2.26. The standard InChI is InChI=1S/C30H57NO6.C27H45NO6.C24H39NO6.C24H45NO6/c1-4-7-10-13-16-25-35-28(32)19-22-31(23-20-29(33)36-26-17-14-11-8-5-2)24-21-30(34)37-27-18-15-12-9-6-3;29-25(32-22-10-4-1-5-11-22)16-19-28(20-17-26(30)33-23-12-6-2-7-13-23)21-18-27(31)34-24-14-8-3-9-15-24;26-22(29-19-7-1-2-8-19)13-16-25(17-14-23(27)30-20-9-3-4-10-20)18-15-24(28)31-21-11-5-6-12-21;1-4-7-10-19-29-22(26)13-16-25(17-14-23(27)30-20-11-8-5-2)18-15-24(28)31-21-12-9-6-3/h4-27H2,1-3H3;22-24H,1-21H2;19-21H,1-18H2;4-21H2,1-3H3. The van der Waals surface area contributed by atoms with Gasteiger partial charge in [0.05, 0.1) is 117 Å². The van der Waals surface area contributed by atoms with Crippen LogP contribution in [-0.4, -0.2) is 246 Å². The van der Waals surface area contributed by atoms with Crippen LogP contribution in [0.3, 0.4) is 0 Å². The second-order valence-corrected chi connectivity index (χ2v) is 37.5. The molecule has 6 rings (SSSR count). The molecule has 28 heteroatoms. The molecule has 6 aliphatic carbocycles. The zero-order valence-electron chi connectivity index (χ0n) is 84.3. The predicted molar refractivity (Wildman–Crippen MR) is 516 cm³/mol. The van der Waals surface area contributed by atoms with E-state index in [4.69, 9.17) is 56.8 Å². The lowest BCUT2D eigenvalue weighted by atomic mass is 9.98. The van der Waals surface area contributed by atoms with Crippen molar-refractivity contribution >= 4 is 71.6 Å². The number of ether oxygens (including phenoxy) is 12. The lowest BCUT2D eigenvalue weighted by Crippen LogP contribution is -2.33. The molecule has 6 aliphatic rings. The van der Waals surface area contributed by atoms with Crippen molar-refractivity contribution in [3.63, 3.8) is 0 Å². The highest BCUT2D eigenvalue weighted by atomic mass is 16.6. The van der Waals surface area contributed by atoms with E-state index >= 15 is 0 Å². The van der Waals surface area contributed by atoms with Crippen molar-refractivity contribution in [3.05, 3.63) is 0 Å². The maximum Gasteiger partial charge on any atom is 0.307 e. The third-order valence-electron chi connectivity index (χ3n) is 25.5. The van der Waals surface area contributed by atoms with Gasteiger partial charge < -0.3 is 76.4 Å². The molecule has 133 heavy (non-hydrogen) atoms. The zero-order chi connectivity index (χ0) is 96.5. The van der Waals surface area contributed by atoms with E-state index in [1.165, 1.54) is 77.0 Å². The number of esters is 12. The topological polar surface area (TPSA) is 329 Å². The summed E-state index contributed by atoms with van der Waals surface area (Å²) in [5.41, 5.74) is 0. The maximum absolute atomic E-state index is 12.4. The van der Waals surface area contributed by atoms with E-state index in [2.05, 4.69) is 41.5 Å². The van der Waals surface area contributed by atoms with Gasteiger partial charge in [0.2, 0.25) is 0 Å². The Morgan fingerprint density at radius 3 is 0.436 bits per heavy atom. The first-order chi connectivity index (χ1) is 64.7. The fraction of sp³-hybridized carbons (Fsp3) is 0.886. The Morgan fingerprint density at radius 2 is 0.286 bits per heavy atom. The van der Waals surface area contributed by atoms with Crippen LogP contribution in [-0.2, 0) is 114 Å². The van der Waals surface area contributed by atoms with Crippen LogP contribution in [0.5, 0.6) is 0 Å². The molecule has 0 aromatic rings. The first-order valence-corrected chi connectivity index (χ1v) is 53.7. The minimum atomic E-state index is -0.245. The Hall–Kier alpha value is -6.52. The largest absolute Gasteiger partial charge is 0.466 e. The fourth-order valence-corrected chi connectivity index (χ4v) is 17.1. The summed E-state index contributed by atoms with van der Waals surface area (Å²) in [6, 6.07) is 0. The van der Waals surface area contributed by atoms with Crippen LogP contribution in [0.2, 0.25) is 0 Å². The summed E-state index contributed by atoms with van der Waals surface area (Å²) in [6.07, 6.45) is 57.6. The van der Waals surface area contributed by atoms with Crippen molar-refractivity contribution < 1.29 is 114 Å². The third kappa shape index (κ3) is 70.7. The first-order valence-electron chi connectivity index (χ1n) is 53.7. The van der Waals surface area contributed by atoms with Crippen molar-refractivity contribution in [2.24, 2.45) is 0 Å². The summed E-state index contributed by atoms with van der Waals surface area (Å²) in [7, 11) is 0. The summed E-state index contributed by atoms with van der Waals surface area (Å²) in [6.45, 7) is 21.0. The summed E-state index contributed by atoms with van der Waals surface area (Å²) in [4.78, 5) is 154. The molecular formula is C105H186N4O24. The molecule has 0 radical (unpaired) electrons. The normalized spacial score (nSPS) is 15.7. The molecule has 0 heterocycles. The Morgan fingerprint density at radius 1 is 0.165 bits per heavy atom. The van der Waals surface area contributed by atoms with Crippen molar-refractivity contribution in [2.75, 3.05) is 118 Å². The highest BCUT2D eigenvalue weighted by Gasteiger charge is 2.28. The average molecular weight is 1890 g/mol. The van der Waals surface area contributed by atoms with Crippen LogP contribution >= 0.6 is 0 Å². The van der Waals surface area contributed by atoms with Gasteiger partial charge in [0, 0.05) is 78.5 Å². The molecule has 0 N–H and O–H groups in total. The molecule has 0 unspecified atom stereocenters. The molecule has 0 saturated heterocycles. The van der Waals surface area contributed by atoms with Crippen molar-refractivity contribution in [3.8, 4) is 0 Å². The zero-order valence-corrected chi connectivity index (χ0v) is 84.3. The second-order valence-electron chi connectivity index (χ2n) is 37.5. The smallest absolute Gasteiger partial charge is 0.307 e. The Kier molecular flexibility index (Phi) is 75.9. The number of nitrogens with zero attached hydrogens (tertiary/aromatic N) is 4. The first kappa shape index (κ1) is 121. The van der Waals surface area contributed by atoms with Crippen LogP contribution in [0.15, 0.2) is 0 Å². The molecule has 0 spiro atoms. The average Bonchev–Trinajstić information content (AvgIpc) is 1.90. The van der Waals surface area contributed by atoms with E-state index < -0.39 is 0 Å². The van der Waals surface area contributed by atoms with Crippen LogP contribution in [0.1, 0.15) is 446 Å². The number of rotatable bonds is 72. The van der Waals surface area contributed by atoms with E-state index in [0.717, 1.165) is 250 Å². The van der Waals surface area contributed by atoms with Gasteiger partial charge in [-0.1, -0.05) is 176 Å². The van der Waals surface area contributed by atoms with Gasteiger partial charge in [0.25, 0.3) is 0 Å². The number of carbonyl (C=O) groups is 12. The van der Waals surface area contributed by atoms with E-state index in [1.54, 1.807) is 0 Å². The van der Waals surface area contributed by atoms with Gasteiger partial charge in [-0.05, 0) is 193 Å². The van der Waals surface area contributed by atoms with E-state index in [9.17, 15) is 57.5 Å². The summed E-state index contributed by atoms with van der Waals surface area (Å²) < 4.78 is 65.4. The number of hydrogen-bond donors (Lipinski definition) is 0. The van der Waals surface area contributed by atoms with Crippen molar-refractivity contribution in [1.82, 2.24) is 19.6 Å². The maximum atomic E-state index is 12.4. The number of carbonyl (C=O) groups excluding carboxylic acids is 12. The molecular weight excluding hydrogens is 1700 g/mol. The van der Waals surface area contributed by atoms with Gasteiger partial charge in [-0.25, -0.2) is 0 Å². The molecule has 0 aromatic carbocycles. The molecule has 0 aliphatic heterocycles. The van der Waals surface area contributed by atoms with Crippen LogP contribution in [0.25, 0.3) is 0 Å². The fourth-order valence-electron chi connectivity index (χ4n) is 17.1. The van der Waals surface area contributed by atoms with Crippen LogP contribution in [0, 0.1) is 0 Å². The van der Waals surface area contributed by atoms with Gasteiger partial charge in [-0.3, -0.25) is 57.5 Å². The van der Waals surface area contributed by atoms with Crippen LogP contribution in [0.4, 0.5) is 0 Å². The monoisotopic (exact) mass is 1890 g/mol. The lowest BCUT2D eigenvalue weighted by molar-refractivity contribution is -0.153. The summed E-state index contributed by atoms with van der Waals surface area (Å²) in [5, 5.41) is 0. The molecule has 0 atom stereocenters. The molecule has 6 fully saturated rings. The Bertz CT molecular complexity index is 2690. The van der Waals surface area contributed by atoms with E-state index in [1.807, 2.05) is 19.6 Å². The van der Waals surface area contributed by atoms with Crippen LogP contribution < -0.4 is 0 Å². The Balaban J connectivity index is 0.000000458. The summed E-state index contributed by atoms with van der Waals surface area (Å²) >= 11 is 0. The highest BCUT2D eigenvalue weighted by Crippen LogP contribution is 2.27. The quantitative estimate of drug-likeness (QED) is 0.0310. The molecule has 0 aromatic heterocycles.